The van der Waals surface area contributed by atoms with Gasteiger partial charge in [-0.05, 0) is 31.5 Å². The molecular formula is C18H22N2O3S. The third-order valence-corrected chi connectivity index (χ3v) is 5.43. The van der Waals surface area contributed by atoms with Gasteiger partial charge in [-0.2, -0.15) is 0 Å². The Morgan fingerprint density at radius 1 is 1.33 bits per heavy atom. The van der Waals surface area contributed by atoms with Crippen LogP contribution in [0.2, 0.25) is 0 Å². The fraction of sp³-hybridized carbons (Fsp3) is 0.444. The van der Waals surface area contributed by atoms with E-state index < -0.39 is 0 Å². The van der Waals surface area contributed by atoms with E-state index in [-0.39, 0.29) is 12.7 Å². The maximum Gasteiger partial charge on any atom is 0.266 e. The zero-order valence-electron chi connectivity index (χ0n) is 14.5. The van der Waals surface area contributed by atoms with Crippen LogP contribution >= 0.6 is 11.3 Å². The van der Waals surface area contributed by atoms with Crippen LogP contribution in [0.15, 0.2) is 18.2 Å². The first-order chi connectivity index (χ1) is 11.5. The van der Waals surface area contributed by atoms with Gasteiger partial charge in [0, 0.05) is 19.0 Å². The van der Waals surface area contributed by atoms with Crippen molar-refractivity contribution in [1.29, 1.82) is 0 Å². The summed E-state index contributed by atoms with van der Waals surface area (Å²) in [6, 6.07) is 5.81. The topological polar surface area (TPSA) is 51.7 Å². The molecule has 3 rings (SSSR count). The SMILES string of the molecule is CCN(Cc1ccc2c(c1)OCO2)C(=O)c1sc(C(C)C)nc1C. The number of aromatic nitrogens is 1. The van der Waals surface area contributed by atoms with E-state index >= 15 is 0 Å². The average Bonchev–Trinajstić information content (AvgIpc) is 3.17. The van der Waals surface area contributed by atoms with E-state index in [4.69, 9.17) is 9.47 Å². The van der Waals surface area contributed by atoms with Crippen LogP contribution in [0.4, 0.5) is 0 Å². The molecule has 0 saturated carbocycles. The Kier molecular flexibility index (Phi) is 4.76. The van der Waals surface area contributed by atoms with E-state index in [0.29, 0.717) is 19.0 Å². The lowest BCUT2D eigenvalue weighted by atomic mass is 10.2. The van der Waals surface area contributed by atoms with Crippen molar-refractivity contribution in [1.82, 2.24) is 9.88 Å². The van der Waals surface area contributed by atoms with Gasteiger partial charge in [-0.1, -0.05) is 19.9 Å². The molecule has 24 heavy (non-hydrogen) atoms. The van der Waals surface area contributed by atoms with Gasteiger partial charge in [0.2, 0.25) is 6.79 Å². The first-order valence-corrected chi connectivity index (χ1v) is 8.96. The van der Waals surface area contributed by atoms with E-state index in [0.717, 1.165) is 32.6 Å². The van der Waals surface area contributed by atoms with Crippen molar-refractivity contribution in [2.45, 2.75) is 40.2 Å². The first kappa shape index (κ1) is 16.8. The summed E-state index contributed by atoms with van der Waals surface area (Å²) < 4.78 is 10.7. The maximum absolute atomic E-state index is 12.9. The molecule has 1 aliphatic heterocycles. The quantitative estimate of drug-likeness (QED) is 0.822. The Bertz CT molecular complexity index is 755. The Balaban J connectivity index is 1.79. The Hall–Kier alpha value is -2.08. The van der Waals surface area contributed by atoms with Gasteiger partial charge in [0.05, 0.1) is 10.7 Å². The molecule has 0 bridgehead atoms. The summed E-state index contributed by atoms with van der Waals surface area (Å²) in [5, 5.41) is 1.01. The summed E-state index contributed by atoms with van der Waals surface area (Å²) in [6.07, 6.45) is 0. The van der Waals surface area contributed by atoms with E-state index in [1.807, 2.05) is 36.9 Å². The number of carbonyl (C=O) groups excluding carboxylic acids is 1. The van der Waals surface area contributed by atoms with Gasteiger partial charge in [-0.25, -0.2) is 4.98 Å². The van der Waals surface area contributed by atoms with Gasteiger partial charge >= 0.3 is 0 Å². The second-order valence-corrected chi connectivity index (χ2v) is 7.16. The summed E-state index contributed by atoms with van der Waals surface area (Å²) >= 11 is 1.50. The average molecular weight is 346 g/mol. The number of aryl methyl sites for hydroxylation is 1. The fourth-order valence-electron chi connectivity index (χ4n) is 2.59. The number of benzene rings is 1. The van der Waals surface area contributed by atoms with Crippen molar-refractivity contribution in [2.75, 3.05) is 13.3 Å². The molecule has 0 radical (unpaired) electrons. The second-order valence-electron chi connectivity index (χ2n) is 6.13. The minimum absolute atomic E-state index is 0.0390. The largest absolute Gasteiger partial charge is 0.454 e. The van der Waals surface area contributed by atoms with E-state index in [9.17, 15) is 4.79 Å². The van der Waals surface area contributed by atoms with Crippen molar-refractivity contribution in [3.63, 3.8) is 0 Å². The molecule has 0 saturated heterocycles. The van der Waals surface area contributed by atoms with Crippen LogP contribution in [0.25, 0.3) is 0 Å². The minimum atomic E-state index is 0.0390. The summed E-state index contributed by atoms with van der Waals surface area (Å²) in [5.74, 6) is 1.87. The summed E-state index contributed by atoms with van der Waals surface area (Å²) in [4.78, 5) is 20.0. The summed E-state index contributed by atoms with van der Waals surface area (Å²) in [5.41, 5.74) is 1.85. The Morgan fingerprint density at radius 3 is 2.75 bits per heavy atom. The smallest absolute Gasteiger partial charge is 0.266 e. The Morgan fingerprint density at radius 2 is 2.08 bits per heavy atom. The van der Waals surface area contributed by atoms with E-state index in [1.165, 1.54) is 11.3 Å². The van der Waals surface area contributed by atoms with Gasteiger partial charge < -0.3 is 14.4 Å². The number of fused-ring (bicyclic) bond motifs is 1. The molecule has 0 spiro atoms. The molecule has 128 valence electrons. The number of hydrogen-bond acceptors (Lipinski definition) is 5. The summed E-state index contributed by atoms with van der Waals surface area (Å²) in [7, 11) is 0. The zero-order chi connectivity index (χ0) is 17.3. The van der Waals surface area contributed by atoms with E-state index in [2.05, 4.69) is 18.8 Å². The molecular weight excluding hydrogens is 324 g/mol. The second kappa shape index (κ2) is 6.81. The standard InChI is InChI=1S/C18H22N2O3S/c1-5-20(9-13-6-7-14-15(8-13)23-10-22-14)18(21)16-12(4)19-17(24-16)11(2)3/h6-8,11H,5,9-10H2,1-4H3. The van der Waals surface area contributed by atoms with Gasteiger partial charge in [0.15, 0.2) is 11.5 Å². The van der Waals surface area contributed by atoms with Crippen LogP contribution in [0, 0.1) is 6.92 Å². The highest BCUT2D eigenvalue weighted by atomic mass is 32.1. The molecule has 1 aromatic carbocycles. The highest BCUT2D eigenvalue weighted by molar-refractivity contribution is 7.13. The van der Waals surface area contributed by atoms with Crippen molar-refractivity contribution in [2.24, 2.45) is 0 Å². The molecule has 0 N–H and O–H groups in total. The van der Waals surface area contributed by atoms with Crippen LogP contribution in [0.1, 0.15) is 52.6 Å². The highest BCUT2D eigenvalue weighted by Crippen LogP contribution is 2.33. The van der Waals surface area contributed by atoms with Gasteiger partial charge in [0.1, 0.15) is 4.88 Å². The fourth-order valence-corrected chi connectivity index (χ4v) is 3.63. The predicted octanol–water partition coefficient (Wildman–Crippen LogP) is 3.97. The number of nitrogens with zero attached hydrogens (tertiary/aromatic N) is 2. The number of hydrogen-bond donors (Lipinski definition) is 0. The number of rotatable bonds is 5. The number of amides is 1. The lowest BCUT2D eigenvalue weighted by molar-refractivity contribution is 0.0756. The van der Waals surface area contributed by atoms with Crippen LogP contribution in [0.3, 0.4) is 0 Å². The van der Waals surface area contributed by atoms with Crippen LogP contribution in [-0.4, -0.2) is 29.1 Å². The molecule has 1 aliphatic rings. The molecule has 0 aliphatic carbocycles. The minimum Gasteiger partial charge on any atom is -0.454 e. The predicted molar refractivity (Wildman–Crippen MR) is 93.9 cm³/mol. The van der Waals surface area contributed by atoms with Crippen LogP contribution in [0.5, 0.6) is 11.5 Å². The van der Waals surface area contributed by atoms with Crippen LogP contribution < -0.4 is 9.47 Å². The lowest BCUT2D eigenvalue weighted by Crippen LogP contribution is -2.30. The maximum atomic E-state index is 12.9. The van der Waals surface area contributed by atoms with E-state index in [1.54, 1.807) is 0 Å². The normalized spacial score (nSPS) is 12.7. The monoisotopic (exact) mass is 346 g/mol. The number of ether oxygens (including phenoxy) is 2. The third kappa shape index (κ3) is 3.24. The molecule has 2 aromatic rings. The number of thiazole rings is 1. The molecule has 6 heteroatoms. The first-order valence-electron chi connectivity index (χ1n) is 8.14. The highest BCUT2D eigenvalue weighted by Gasteiger charge is 2.22. The van der Waals surface area contributed by atoms with Crippen molar-refractivity contribution in [3.8, 4) is 11.5 Å². The third-order valence-electron chi connectivity index (χ3n) is 3.98. The molecule has 0 unspecified atom stereocenters. The molecule has 0 atom stereocenters. The van der Waals surface area contributed by atoms with Gasteiger partial charge in [0.25, 0.3) is 5.91 Å². The zero-order valence-corrected chi connectivity index (χ0v) is 15.3. The molecule has 0 fully saturated rings. The van der Waals surface area contributed by atoms with Crippen LogP contribution in [-0.2, 0) is 6.54 Å². The number of carbonyl (C=O) groups is 1. The summed E-state index contributed by atoms with van der Waals surface area (Å²) in [6.45, 7) is 9.53. The van der Waals surface area contributed by atoms with Crippen molar-refractivity contribution < 1.29 is 14.3 Å². The molecule has 1 amide bonds. The Labute approximate surface area is 146 Å². The molecule has 2 heterocycles. The van der Waals surface area contributed by atoms with Gasteiger partial charge in [-0.15, -0.1) is 11.3 Å². The molecule has 5 nitrogen and oxygen atoms in total. The van der Waals surface area contributed by atoms with Gasteiger partial charge in [-0.3, -0.25) is 4.79 Å². The van der Waals surface area contributed by atoms with Crippen molar-refractivity contribution in [3.05, 3.63) is 39.3 Å². The van der Waals surface area contributed by atoms with Crippen molar-refractivity contribution >= 4 is 17.2 Å². The lowest BCUT2D eigenvalue weighted by Gasteiger charge is -2.20. The molecule has 1 aromatic heterocycles.